The molecule has 19 nitrogen and oxygen atoms in total. The maximum atomic E-state index is 14.4. The van der Waals surface area contributed by atoms with E-state index in [1.807, 2.05) is 27.7 Å². The molecule has 2 saturated heterocycles. The average molecular weight is 1080 g/mol. The van der Waals surface area contributed by atoms with E-state index in [0.717, 1.165) is 9.80 Å². The topological polar surface area (TPSA) is 214 Å². The first-order valence-electron chi connectivity index (χ1n) is 25.9. The van der Waals surface area contributed by atoms with Gasteiger partial charge in [0, 0.05) is 82.0 Å². The summed E-state index contributed by atoms with van der Waals surface area (Å²) in [7, 11) is 0. The number of aryl methyl sites for hydroxylation is 2. The summed E-state index contributed by atoms with van der Waals surface area (Å²) in [5, 5.41) is 2.57. The maximum absolute atomic E-state index is 14.4. The molecule has 23 heteroatoms. The number of hydrogen-bond donors (Lipinski definition) is 2. The van der Waals surface area contributed by atoms with Crippen LogP contribution in [0.2, 0.25) is 0 Å². The highest BCUT2D eigenvalue weighted by Crippen LogP contribution is 2.43. The molecule has 76 heavy (non-hydrogen) atoms. The first-order valence-corrected chi connectivity index (χ1v) is 25.9. The van der Waals surface area contributed by atoms with Crippen LogP contribution >= 0.6 is 0 Å². The number of rotatable bonds is 12. The number of carbonyl (C=O) groups is 7. The molecular weight excluding hydrogens is 1000 g/mol. The number of fused-ring (bicyclic) bond motifs is 2. The Hall–Kier alpha value is -6.39. The van der Waals surface area contributed by atoms with Gasteiger partial charge in [-0.2, -0.15) is 17.6 Å². The van der Waals surface area contributed by atoms with Crippen molar-refractivity contribution in [2.75, 3.05) is 62.2 Å². The van der Waals surface area contributed by atoms with Gasteiger partial charge in [0.25, 0.3) is 11.8 Å². The molecule has 2 atom stereocenters. The predicted octanol–water partition coefficient (Wildman–Crippen LogP) is 7.61. The minimum absolute atomic E-state index is 0.0263. The smallest absolute Gasteiger partial charge is 0.444 e. The van der Waals surface area contributed by atoms with E-state index in [1.54, 1.807) is 81.9 Å². The fourth-order valence-electron chi connectivity index (χ4n) is 9.56. The molecular formula is C53H76F4N8O11. The van der Waals surface area contributed by atoms with E-state index in [9.17, 15) is 51.1 Å². The molecule has 0 spiro atoms. The summed E-state index contributed by atoms with van der Waals surface area (Å²) >= 11 is 0. The number of likely N-dealkylation sites (tertiary alicyclic amines) is 2. The van der Waals surface area contributed by atoms with Crippen molar-refractivity contribution in [3.63, 3.8) is 0 Å². The van der Waals surface area contributed by atoms with Gasteiger partial charge in [0.1, 0.15) is 11.2 Å². The first kappa shape index (κ1) is 60.5. The monoisotopic (exact) mass is 1080 g/mol. The van der Waals surface area contributed by atoms with E-state index in [4.69, 9.17) is 19.9 Å². The summed E-state index contributed by atoms with van der Waals surface area (Å²) in [4.78, 5) is 98.1. The molecule has 0 aromatic heterocycles. The van der Waals surface area contributed by atoms with Crippen molar-refractivity contribution < 1.29 is 70.1 Å². The standard InChI is InChI=1S/C28H40F2N4O6.C25H36F2N4O5/c1-8-23(35)31-11-13-33-21-15-20(18(4)14-22(21)39-28(29,30)25(33)37)24(36)34(17(2)3)19-10-9-12-32(16-19)26(38)40-27(5,6)7;1-15(2)31(17-8-7-10-29(14-17)23(34)36-24(4,5)6)21(32)18-13-19-20(12-16(18)3)35-25(26,27)22(33)30(19)11-9-28/h14-15,17,19H,8-13,16H2,1-7H3,(H,31,35);12-13,15,17H,7-11,14,28H2,1-6H3/t19-;17-/m11/s1. The number of halogens is 4. The van der Waals surface area contributed by atoms with Gasteiger partial charge in [-0.05, 0) is 144 Å². The number of hydrogen-bond acceptors (Lipinski definition) is 12. The van der Waals surface area contributed by atoms with Crippen LogP contribution in [0.5, 0.6) is 11.5 Å². The Bertz CT molecular complexity index is 2510. The first-order chi connectivity index (χ1) is 35.2. The third-order valence-corrected chi connectivity index (χ3v) is 12.9. The summed E-state index contributed by atoms with van der Waals surface area (Å²) in [5.74, 6) is -4.47. The molecule has 2 fully saturated rings. The number of benzene rings is 2. The lowest BCUT2D eigenvalue weighted by Crippen LogP contribution is -2.55. The van der Waals surface area contributed by atoms with Crippen LogP contribution in [0.25, 0.3) is 0 Å². The normalized spacial score (nSPS) is 19.1. The van der Waals surface area contributed by atoms with Gasteiger partial charge in [-0.25, -0.2) is 9.59 Å². The molecule has 0 radical (unpaired) electrons. The lowest BCUT2D eigenvalue weighted by atomic mass is 9.98. The van der Waals surface area contributed by atoms with Gasteiger partial charge in [0.2, 0.25) is 5.91 Å². The Morgan fingerprint density at radius 3 is 1.42 bits per heavy atom. The number of ether oxygens (including phenoxy) is 4. The molecule has 7 amide bonds. The van der Waals surface area contributed by atoms with Crippen molar-refractivity contribution in [3.8, 4) is 11.5 Å². The number of nitrogens with two attached hydrogens (primary N) is 1. The van der Waals surface area contributed by atoms with E-state index in [1.165, 1.54) is 24.3 Å². The van der Waals surface area contributed by atoms with E-state index in [-0.39, 0.29) is 108 Å². The molecule has 422 valence electrons. The van der Waals surface area contributed by atoms with Crippen LogP contribution in [0.3, 0.4) is 0 Å². The molecule has 0 bridgehead atoms. The number of nitrogens with zero attached hydrogens (tertiary/aromatic N) is 6. The maximum Gasteiger partial charge on any atom is 0.482 e. The number of nitrogens with one attached hydrogen (secondary N) is 1. The number of alkyl halides is 4. The van der Waals surface area contributed by atoms with E-state index in [2.05, 4.69) is 10.1 Å². The minimum atomic E-state index is -4.09. The summed E-state index contributed by atoms with van der Waals surface area (Å²) in [6.45, 7) is 24.4. The van der Waals surface area contributed by atoms with Crippen LogP contribution in [-0.4, -0.2) is 161 Å². The van der Waals surface area contributed by atoms with Crippen LogP contribution in [0, 0.1) is 13.8 Å². The number of anilines is 2. The Kier molecular flexibility index (Phi) is 19.0. The zero-order valence-electron chi connectivity index (χ0n) is 46.1. The summed E-state index contributed by atoms with van der Waals surface area (Å²) < 4.78 is 77.6. The average Bonchev–Trinajstić information content (AvgIpc) is 3.30. The second-order valence-electron chi connectivity index (χ2n) is 22.0. The summed E-state index contributed by atoms with van der Waals surface area (Å²) in [5.41, 5.74) is 5.70. The van der Waals surface area contributed by atoms with E-state index < -0.39 is 47.4 Å². The lowest BCUT2D eigenvalue weighted by Gasteiger charge is -2.42. The second-order valence-corrected chi connectivity index (χ2v) is 22.0. The van der Waals surface area contributed by atoms with Crippen molar-refractivity contribution in [2.24, 2.45) is 5.73 Å². The molecule has 2 aromatic carbocycles. The fraction of sp³-hybridized carbons (Fsp3) is 0.642. The van der Waals surface area contributed by atoms with Gasteiger partial charge in [-0.3, -0.25) is 33.8 Å². The van der Waals surface area contributed by atoms with Crippen molar-refractivity contribution in [2.45, 2.75) is 170 Å². The summed E-state index contributed by atoms with van der Waals surface area (Å²) in [6, 6.07) is 4.47. The van der Waals surface area contributed by atoms with Crippen LogP contribution in [0.4, 0.5) is 38.5 Å². The van der Waals surface area contributed by atoms with E-state index in [0.29, 0.717) is 63.0 Å². The summed E-state index contributed by atoms with van der Waals surface area (Å²) in [6.07, 6.45) is -6.02. The minimum Gasteiger partial charge on any atom is -0.444 e. The van der Waals surface area contributed by atoms with Crippen molar-refractivity contribution in [1.82, 2.24) is 24.9 Å². The Morgan fingerprint density at radius 1 is 0.697 bits per heavy atom. The van der Waals surface area contributed by atoms with Crippen molar-refractivity contribution in [3.05, 3.63) is 46.5 Å². The molecule has 4 heterocycles. The van der Waals surface area contributed by atoms with Gasteiger partial charge >= 0.3 is 36.2 Å². The highest BCUT2D eigenvalue weighted by atomic mass is 19.3. The number of amides is 7. The molecule has 0 saturated carbocycles. The molecule has 2 aromatic rings. The second kappa shape index (κ2) is 23.9. The van der Waals surface area contributed by atoms with Crippen LogP contribution < -0.4 is 30.3 Å². The van der Waals surface area contributed by atoms with Crippen LogP contribution in [0.15, 0.2) is 24.3 Å². The number of carbonyl (C=O) groups excluding carboxylic acids is 7. The Morgan fingerprint density at radius 2 is 1.08 bits per heavy atom. The molecule has 0 unspecified atom stereocenters. The molecule has 0 aliphatic carbocycles. The molecule has 4 aliphatic rings. The third-order valence-electron chi connectivity index (χ3n) is 12.9. The van der Waals surface area contributed by atoms with Gasteiger partial charge < -0.3 is 49.6 Å². The third kappa shape index (κ3) is 14.3. The van der Waals surface area contributed by atoms with Gasteiger partial charge in [0.15, 0.2) is 11.5 Å². The van der Waals surface area contributed by atoms with Gasteiger partial charge in [-0.1, -0.05) is 6.92 Å². The fourth-order valence-corrected chi connectivity index (χ4v) is 9.56. The predicted molar refractivity (Wildman–Crippen MR) is 275 cm³/mol. The molecule has 6 rings (SSSR count). The molecule has 4 aliphatic heterocycles. The quantitative estimate of drug-likeness (QED) is 0.197. The SMILES string of the molecule is CCC(=O)NCCN1C(=O)C(F)(F)Oc2cc(C)c(C(=O)N(C(C)C)[C@@H]3CCCN(C(=O)OC(C)(C)C)C3)cc21.Cc1cc2c(cc1C(=O)N(C(C)C)[C@@H]1CCCN(C(=O)OC(C)(C)C)C1)N(CCN)C(=O)C(F)(F)O2. The molecule has 3 N–H and O–H groups in total. The highest BCUT2D eigenvalue weighted by Gasteiger charge is 2.52. The Labute approximate surface area is 442 Å². The number of piperidine rings is 2. The van der Waals surface area contributed by atoms with Crippen LogP contribution in [-0.2, 0) is 23.9 Å². The van der Waals surface area contributed by atoms with Crippen molar-refractivity contribution in [1.29, 1.82) is 0 Å². The lowest BCUT2D eigenvalue weighted by molar-refractivity contribution is -0.192. The zero-order valence-corrected chi connectivity index (χ0v) is 46.1. The Balaban J connectivity index is 0.000000282. The van der Waals surface area contributed by atoms with Crippen molar-refractivity contribution >= 4 is 53.1 Å². The van der Waals surface area contributed by atoms with Gasteiger partial charge in [0.05, 0.1) is 23.5 Å². The van der Waals surface area contributed by atoms with Gasteiger partial charge in [-0.15, -0.1) is 0 Å². The largest absolute Gasteiger partial charge is 0.482 e. The van der Waals surface area contributed by atoms with Crippen LogP contribution in [0.1, 0.15) is 140 Å². The zero-order chi connectivity index (χ0) is 57.0. The van der Waals surface area contributed by atoms with E-state index >= 15 is 0 Å². The highest BCUT2D eigenvalue weighted by molar-refractivity contribution is 6.05.